The maximum absolute atomic E-state index is 11.7. The summed E-state index contributed by atoms with van der Waals surface area (Å²) in [6.07, 6.45) is 0.513. The number of hydrogen-bond donors (Lipinski definition) is 1. The number of carbonyl (C=O) groups excluding carboxylic acids is 1. The first-order valence-corrected chi connectivity index (χ1v) is 9.43. The highest BCUT2D eigenvalue weighted by Gasteiger charge is 2.32. The predicted octanol–water partition coefficient (Wildman–Crippen LogP) is 0.979. The van der Waals surface area contributed by atoms with E-state index in [4.69, 9.17) is 4.42 Å². The molecule has 2 heterocycles. The van der Waals surface area contributed by atoms with Crippen molar-refractivity contribution in [3.05, 3.63) is 5.89 Å². The first-order chi connectivity index (χ1) is 9.65. The molecule has 0 aromatic carbocycles. The molecule has 2 rings (SSSR count). The molecule has 118 valence electrons. The van der Waals surface area contributed by atoms with Gasteiger partial charge in [-0.05, 0) is 27.2 Å². The Labute approximate surface area is 128 Å². The zero-order valence-electron chi connectivity index (χ0n) is 12.2. The molecule has 0 bridgehead atoms. The highest BCUT2D eigenvalue weighted by molar-refractivity contribution is 7.99. The molecule has 21 heavy (non-hydrogen) atoms. The van der Waals surface area contributed by atoms with Crippen molar-refractivity contribution in [2.24, 2.45) is 0 Å². The predicted molar refractivity (Wildman–Crippen MR) is 78.9 cm³/mol. The van der Waals surface area contributed by atoms with E-state index in [2.05, 4.69) is 15.5 Å². The van der Waals surface area contributed by atoms with Crippen molar-refractivity contribution in [1.29, 1.82) is 0 Å². The van der Waals surface area contributed by atoms with Crippen molar-refractivity contribution in [2.45, 2.75) is 43.9 Å². The summed E-state index contributed by atoms with van der Waals surface area (Å²) in [5.74, 6) is 0.410. The Bertz CT molecular complexity index is 619. The van der Waals surface area contributed by atoms with Gasteiger partial charge in [-0.15, -0.1) is 10.2 Å². The van der Waals surface area contributed by atoms with Gasteiger partial charge in [-0.2, -0.15) is 0 Å². The molecule has 1 aliphatic heterocycles. The lowest BCUT2D eigenvalue weighted by atomic mass is 10.1. The van der Waals surface area contributed by atoms with E-state index in [9.17, 15) is 13.2 Å². The molecule has 1 saturated heterocycles. The second-order valence-electron chi connectivity index (χ2n) is 6.09. The lowest BCUT2D eigenvalue weighted by molar-refractivity contribution is -0.119. The van der Waals surface area contributed by atoms with Crippen molar-refractivity contribution >= 4 is 27.5 Å². The van der Waals surface area contributed by atoms with Crippen LogP contribution in [0.1, 0.15) is 39.0 Å². The van der Waals surface area contributed by atoms with Crippen molar-refractivity contribution in [3.8, 4) is 0 Å². The third-order valence-electron chi connectivity index (χ3n) is 2.84. The Hall–Kier alpha value is -1.09. The summed E-state index contributed by atoms with van der Waals surface area (Å²) in [6.45, 7) is 5.71. The van der Waals surface area contributed by atoms with Gasteiger partial charge in [-0.1, -0.05) is 11.8 Å². The molecule has 0 unspecified atom stereocenters. The van der Waals surface area contributed by atoms with E-state index >= 15 is 0 Å². The van der Waals surface area contributed by atoms with Gasteiger partial charge >= 0.3 is 0 Å². The Balaban J connectivity index is 1.88. The van der Waals surface area contributed by atoms with Crippen molar-refractivity contribution in [1.82, 2.24) is 15.5 Å². The highest BCUT2D eigenvalue weighted by atomic mass is 32.2. The van der Waals surface area contributed by atoms with Crippen LogP contribution in [0.4, 0.5) is 0 Å². The molecule has 1 fully saturated rings. The van der Waals surface area contributed by atoms with E-state index in [0.717, 1.165) is 11.8 Å². The van der Waals surface area contributed by atoms with Crippen molar-refractivity contribution in [2.75, 3.05) is 17.3 Å². The second-order valence-corrected chi connectivity index (χ2v) is 9.25. The van der Waals surface area contributed by atoms with Crippen LogP contribution in [-0.2, 0) is 14.6 Å². The molecule has 0 spiro atoms. The molecule has 1 amide bonds. The van der Waals surface area contributed by atoms with Gasteiger partial charge in [0.25, 0.3) is 5.22 Å². The normalized spacial score (nSPS) is 21.4. The molecule has 0 saturated carbocycles. The molecule has 1 atom stereocenters. The molecular formula is C12H19N3O4S2. The molecule has 1 N–H and O–H groups in total. The van der Waals surface area contributed by atoms with Gasteiger partial charge in [-0.25, -0.2) is 8.42 Å². The average Bonchev–Trinajstić information content (AvgIpc) is 2.90. The maximum Gasteiger partial charge on any atom is 0.277 e. The fourth-order valence-electron chi connectivity index (χ4n) is 2.02. The summed E-state index contributed by atoms with van der Waals surface area (Å²) in [4.78, 5) is 11.7. The van der Waals surface area contributed by atoms with E-state index in [0.29, 0.717) is 17.5 Å². The number of carbonyl (C=O) groups is 1. The van der Waals surface area contributed by atoms with Gasteiger partial charge in [-0.3, -0.25) is 4.79 Å². The number of aromatic nitrogens is 2. The van der Waals surface area contributed by atoms with E-state index < -0.39 is 9.84 Å². The average molecular weight is 333 g/mol. The van der Waals surface area contributed by atoms with E-state index in [1.165, 1.54) is 0 Å². The summed E-state index contributed by atoms with van der Waals surface area (Å²) in [7, 11) is -2.98. The Morgan fingerprint density at radius 3 is 2.71 bits per heavy atom. The molecule has 9 heteroatoms. The van der Waals surface area contributed by atoms with Crippen molar-refractivity contribution in [3.63, 3.8) is 0 Å². The van der Waals surface area contributed by atoms with E-state index in [1.807, 2.05) is 20.8 Å². The van der Waals surface area contributed by atoms with Gasteiger partial charge < -0.3 is 9.73 Å². The minimum absolute atomic E-state index is 0.0593. The van der Waals surface area contributed by atoms with Crippen LogP contribution in [0.2, 0.25) is 0 Å². The molecule has 1 aliphatic rings. The Morgan fingerprint density at radius 2 is 2.14 bits per heavy atom. The number of amides is 1. The van der Waals surface area contributed by atoms with E-state index in [-0.39, 0.29) is 34.6 Å². The maximum atomic E-state index is 11.7. The zero-order chi connectivity index (χ0) is 15.7. The number of nitrogens with zero attached hydrogens (tertiary/aromatic N) is 2. The number of rotatable bonds is 4. The van der Waals surface area contributed by atoms with Gasteiger partial charge in [0, 0.05) is 5.54 Å². The first kappa shape index (κ1) is 16.3. The number of nitrogens with one attached hydrogen (secondary N) is 1. The molecule has 7 nitrogen and oxygen atoms in total. The first-order valence-electron chi connectivity index (χ1n) is 6.62. The fourth-order valence-corrected chi connectivity index (χ4v) is 4.32. The molecule has 1 aromatic rings. The number of thioether (sulfide) groups is 1. The third-order valence-corrected chi connectivity index (χ3v) is 5.43. The lowest BCUT2D eigenvalue weighted by Crippen LogP contribution is -2.41. The van der Waals surface area contributed by atoms with Gasteiger partial charge in [0.15, 0.2) is 9.84 Å². The van der Waals surface area contributed by atoms with Gasteiger partial charge in [0.1, 0.15) is 0 Å². The Morgan fingerprint density at radius 1 is 1.43 bits per heavy atom. The minimum Gasteiger partial charge on any atom is -0.416 e. The van der Waals surface area contributed by atoms with Crippen molar-refractivity contribution < 1.29 is 17.6 Å². The quantitative estimate of drug-likeness (QED) is 0.819. The third kappa shape index (κ3) is 4.99. The monoisotopic (exact) mass is 333 g/mol. The summed E-state index contributed by atoms with van der Waals surface area (Å²) in [6, 6.07) is 0. The Kier molecular flexibility index (Phi) is 4.62. The molecule has 0 aliphatic carbocycles. The smallest absolute Gasteiger partial charge is 0.277 e. The number of hydrogen-bond acceptors (Lipinski definition) is 7. The standard InChI is InChI=1S/C12H19N3O4S2/c1-12(2,3)13-9(16)6-20-11-15-14-10(19-11)8-4-5-21(17,18)7-8/h8H,4-7H2,1-3H3,(H,13,16)/t8-/m0/s1. The van der Waals surface area contributed by atoms with Crippen LogP contribution >= 0.6 is 11.8 Å². The largest absolute Gasteiger partial charge is 0.416 e. The number of sulfone groups is 1. The van der Waals surface area contributed by atoms with Crippen LogP contribution in [0, 0.1) is 0 Å². The summed E-state index contributed by atoms with van der Waals surface area (Å²) >= 11 is 1.15. The van der Waals surface area contributed by atoms with Crippen LogP contribution in [0.5, 0.6) is 0 Å². The van der Waals surface area contributed by atoms with Gasteiger partial charge in [0.2, 0.25) is 11.8 Å². The van der Waals surface area contributed by atoms with Crippen LogP contribution < -0.4 is 5.32 Å². The lowest BCUT2D eigenvalue weighted by Gasteiger charge is -2.19. The van der Waals surface area contributed by atoms with Gasteiger partial charge in [0.05, 0.1) is 23.2 Å². The summed E-state index contributed by atoms with van der Waals surface area (Å²) < 4.78 is 28.3. The molecular weight excluding hydrogens is 314 g/mol. The summed E-state index contributed by atoms with van der Waals surface area (Å²) in [5.41, 5.74) is -0.282. The van der Waals surface area contributed by atoms with Crippen LogP contribution in [0.25, 0.3) is 0 Å². The van der Waals surface area contributed by atoms with Crippen LogP contribution in [-0.4, -0.2) is 47.3 Å². The molecule has 1 aromatic heterocycles. The summed E-state index contributed by atoms with van der Waals surface area (Å²) in [5, 5.41) is 10.9. The van der Waals surface area contributed by atoms with E-state index in [1.54, 1.807) is 0 Å². The fraction of sp³-hybridized carbons (Fsp3) is 0.750. The van der Waals surface area contributed by atoms with Crippen LogP contribution in [0.3, 0.4) is 0 Å². The molecule has 0 radical (unpaired) electrons. The minimum atomic E-state index is -2.98. The second kappa shape index (κ2) is 5.96. The topological polar surface area (TPSA) is 102 Å². The SMILES string of the molecule is CC(C)(C)NC(=O)CSc1nnc([C@H]2CCS(=O)(=O)C2)o1. The zero-order valence-corrected chi connectivity index (χ0v) is 13.9. The van der Waals surface area contributed by atoms with Crippen LogP contribution in [0.15, 0.2) is 9.64 Å². The highest BCUT2D eigenvalue weighted by Crippen LogP contribution is 2.29.